The molecule has 0 atom stereocenters. The first-order valence-corrected chi connectivity index (χ1v) is 10.1. The molecule has 0 saturated heterocycles. The topological polar surface area (TPSA) is 55.8 Å². The molecule has 0 saturated carbocycles. The molecule has 6 heteroatoms. The summed E-state index contributed by atoms with van der Waals surface area (Å²) in [6.07, 6.45) is 4.42. The standard InChI is InChI=1S/C21H25NO4S/c1-3-25-17-10-8-15(9-11-17)13-22(2)20(23)14-26-21(24)19-12-16-6-4-5-7-18(16)27-19/h8-12H,3-7,13-14H2,1-2H3. The number of ether oxygens (including phenoxy) is 2. The van der Waals surface area contributed by atoms with Gasteiger partial charge in [0.2, 0.25) is 0 Å². The molecule has 0 aliphatic heterocycles. The Morgan fingerprint density at radius 1 is 1.15 bits per heavy atom. The molecule has 0 spiro atoms. The van der Waals surface area contributed by atoms with E-state index in [0.29, 0.717) is 18.0 Å². The quantitative estimate of drug-likeness (QED) is 0.678. The van der Waals surface area contributed by atoms with E-state index in [9.17, 15) is 9.59 Å². The number of carbonyl (C=O) groups excluding carboxylic acids is 2. The first-order valence-electron chi connectivity index (χ1n) is 9.31. The summed E-state index contributed by atoms with van der Waals surface area (Å²) < 4.78 is 10.7. The molecule has 1 aliphatic rings. The van der Waals surface area contributed by atoms with E-state index < -0.39 is 5.97 Å². The van der Waals surface area contributed by atoms with E-state index in [2.05, 4.69) is 0 Å². The largest absolute Gasteiger partial charge is 0.494 e. The molecule has 0 unspecified atom stereocenters. The van der Waals surface area contributed by atoms with Crippen LogP contribution >= 0.6 is 11.3 Å². The lowest BCUT2D eigenvalue weighted by Crippen LogP contribution is -2.30. The van der Waals surface area contributed by atoms with Gasteiger partial charge in [0, 0.05) is 18.5 Å². The zero-order valence-electron chi connectivity index (χ0n) is 15.8. The summed E-state index contributed by atoms with van der Waals surface area (Å²) in [7, 11) is 1.70. The molecule has 144 valence electrons. The van der Waals surface area contributed by atoms with Crippen molar-refractivity contribution in [3.63, 3.8) is 0 Å². The first-order chi connectivity index (χ1) is 13.1. The van der Waals surface area contributed by atoms with Crippen LogP contribution < -0.4 is 4.74 Å². The highest BCUT2D eigenvalue weighted by Crippen LogP contribution is 2.30. The number of likely N-dealkylation sites (N-methyl/N-ethyl adjacent to an activating group) is 1. The SMILES string of the molecule is CCOc1ccc(CN(C)C(=O)COC(=O)c2cc3c(s2)CCCC3)cc1. The van der Waals surface area contributed by atoms with E-state index in [1.807, 2.05) is 37.3 Å². The van der Waals surface area contributed by atoms with Gasteiger partial charge < -0.3 is 14.4 Å². The highest BCUT2D eigenvalue weighted by Gasteiger charge is 2.19. The van der Waals surface area contributed by atoms with Gasteiger partial charge in [-0.05, 0) is 61.9 Å². The third-order valence-electron chi connectivity index (χ3n) is 4.60. The van der Waals surface area contributed by atoms with Crippen molar-refractivity contribution in [3.05, 3.63) is 51.2 Å². The van der Waals surface area contributed by atoms with Crippen LogP contribution in [0, 0.1) is 0 Å². The number of fused-ring (bicyclic) bond motifs is 1. The van der Waals surface area contributed by atoms with Gasteiger partial charge in [-0.3, -0.25) is 4.79 Å². The predicted octanol–water partition coefficient (Wildman–Crippen LogP) is 3.84. The lowest BCUT2D eigenvalue weighted by Gasteiger charge is -2.17. The number of rotatable bonds is 7. The number of benzene rings is 1. The highest BCUT2D eigenvalue weighted by atomic mass is 32.1. The number of hydrogen-bond acceptors (Lipinski definition) is 5. The molecular formula is C21H25NO4S. The smallest absolute Gasteiger partial charge is 0.348 e. The van der Waals surface area contributed by atoms with Crippen LogP contribution in [0.4, 0.5) is 0 Å². The van der Waals surface area contributed by atoms with Crippen LogP contribution in [0.1, 0.15) is 45.4 Å². The van der Waals surface area contributed by atoms with Gasteiger partial charge in [0.15, 0.2) is 6.61 Å². The van der Waals surface area contributed by atoms with Crippen molar-refractivity contribution in [2.45, 2.75) is 39.2 Å². The second kappa shape index (κ2) is 9.04. The lowest BCUT2D eigenvalue weighted by atomic mass is 9.99. The minimum absolute atomic E-state index is 0.224. The van der Waals surface area contributed by atoms with Gasteiger partial charge in [0.05, 0.1) is 6.61 Å². The molecular weight excluding hydrogens is 362 g/mol. The van der Waals surface area contributed by atoms with Gasteiger partial charge >= 0.3 is 5.97 Å². The Morgan fingerprint density at radius 3 is 2.59 bits per heavy atom. The van der Waals surface area contributed by atoms with Crippen molar-refractivity contribution in [2.24, 2.45) is 0 Å². The molecule has 1 aliphatic carbocycles. The lowest BCUT2D eigenvalue weighted by molar-refractivity contribution is -0.133. The Balaban J connectivity index is 1.49. The molecule has 27 heavy (non-hydrogen) atoms. The zero-order chi connectivity index (χ0) is 19.2. The Kier molecular flexibility index (Phi) is 6.50. The molecule has 5 nitrogen and oxygen atoms in total. The summed E-state index contributed by atoms with van der Waals surface area (Å²) in [4.78, 5) is 28.0. The Labute approximate surface area is 163 Å². The maximum absolute atomic E-state index is 12.3. The number of amides is 1. The Bertz CT molecular complexity index is 774. The fourth-order valence-corrected chi connectivity index (χ4v) is 4.27. The Hall–Kier alpha value is -2.34. The fourth-order valence-electron chi connectivity index (χ4n) is 3.12. The third kappa shape index (κ3) is 5.10. The Morgan fingerprint density at radius 2 is 1.89 bits per heavy atom. The molecule has 0 radical (unpaired) electrons. The fraction of sp³-hybridized carbons (Fsp3) is 0.429. The van der Waals surface area contributed by atoms with Crippen molar-refractivity contribution in [1.29, 1.82) is 0 Å². The zero-order valence-corrected chi connectivity index (χ0v) is 16.6. The van der Waals surface area contributed by atoms with Crippen molar-refractivity contribution < 1.29 is 19.1 Å². The third-order valence-corrected chi connectivity index (χ3v) is 5.82. The van der Waals surface area contributed by atoms with Gasteiger partial charge in [-0.15, -0.1) is 11.3 Å². The summed E-state index contributed by atoms with van der Waals surface area (Å²) >= 11 is 1.50. The molecule has 1 aromatic carbocycles. The number of thiophene rings is 1. The summed E-state index contributed by atoms with van der Waals surface area (Å²) in [5.74, 6) is 0.179. The number of carbonyl (C=O) groups is 2. The monoisotopic (exact) mass is 387 g/mol. The highest BCUT2D eigenvalue weighted by molar-refractivity contribution is 7.14. The second-order valence-electron chi connectivity index (χ2n) is 6.67. The van der Waals surface area contributed by atoms with Gasteiger partial charge in [0.1, 0.15) is 10.6 Å². The molecule has 0 fully saturated rings. The average molecular weight is 388 g/mol. The van der Waals surface area contributed by atoms with Crippen molar-refractivity contribution >= 4 is 23.2 Å². The average Bonchev–Trinajstić information content (AvgIpc) is 3.12. The maximum Gasteiger partial charge on any atom is 0.348 e. The normalized spacial score (nSPS) is 13.0. The minimum Gasteiger partial charge on any atom is -0.494 e. The molecule has 0 bridgehead atoms. The van der Waals surface area contributed by atoms with E-state index >= 15 is 0 Å². The second-order valence-corrected chi connectivity index (χ2v) is 7.81. The molecule has 1 heterocycles. The van der Waals surface area contributed by atoms with Crippen LogP contribution in [0.25, 0.3) is 0 Å². The first kappa shape index (κ1) is 19.4. The van der Waals surface area contributed by atoms with Crippen molar-refractivity contribution in [1.82, 2.24) is 4.90 Å². The van der Waals surface area contributed by atoms with Gasteiger partial charge in [0.25, 0.3) is 5.91 Å². The summed E-state index contributed by atoms with van der Waals surface area (Å²) in [5, 5.41) is 0. The van der Waals surface area contributed by atoms with Crippen LogP contribution in [-0.4, -0.2) is 37.0 Å². The van der Waals surface area contributed by atoms with E-state index in [1.165, 1.54) is 34.6 Å². The minimum atomic E-state index is -0.405. The number of hydrogen-bond donors (Lipinski definition) is 0. The van der Waals surface area contributed by atoms with E-state index in [1.54, 1.807) is 11.9 Å². The van der Waals surface area contributed by atoms with Crippen molar-refractivity contribution in [3.8, 4) is 5.75 Å². The summed E-state index contributed by atoms with van der Waals surface area (Å²) in [5.41, 5.74) is 2.25. The van der Waals surface area contributed by atoms with E-state index in [0.717, 1.165) is 24.2 Å². The molecule has 0 N–H and O–H groups in total. The van der Waals surface area contributed by atoms with Gasteiger partial charge in [-0.2, -0.15) is 0 Å². The van der Waals surface area contributed by atoms with Crippen LogP contribution in [0.15, 0.2) is 30.3 Å². The van der Waals surface area contributed by atoms with E-state index in [4.69, 9.17) is 9.47 Å². The van der Waals surface area contributed by atoms with E-state index in [-0.39, 0.29) is 12.5 Å². The predicted molar refractivity (Wildman–Crippen MR) is 105 cm³/mol. The number of nitrogens with zero attached hydrogens (tertiary/aromatic N) is 1. The van der Waals surface area contributed by atoms with Crippen molar-refractivity contribution in [2.75, 3.05) is 20.3 Å². The van der Waals surface area contributed by atoms with Crippen LogP contribution in [0.5, 0.6) is 5.75 Å². The summed E-state index contributed by atoms with van der Waals surface area (Å²) in [6, 6.07) is 9.55. The molecule has 2 aromatic rings. The molecule has 1 amide bonds. The molecule has 1 aromatic heterocycles. The van der Waals surface area contributed by atoms with Crippen LogP contribution in [0.2, 0.25) is 0 Å². The van der Waals surface area contributed by atoms with Crippen LogP contribution in [-0.2, 0) is 28.9 Å². The van der Waals surface area contributed by atoms with Gasteiger partial charge in [-0.1, -0.05) is 12.1 Å². The van der Waals surface area contributed by atoms with Crippen LogP contribution in [0.3, 0.4) is 0 Å². The number of aryl methyl sites for hydroxylation is 2. The summed E-state index contributed by atoms with van der Waals surface area (Å²) in [6.45, 7) is 2.77. The maximum atomic E-state index is 12.3. The van der Waals surface area contributed by atoms with Gasteiger partial charge in [-0.25, -0.2) is 4.79 Å². The molecule has 3 rings (SSSR count). The number of esters is 1.